The second-order valence-electron chi connectivity index (χ2n) is 5.45. The van der Waals surface area contributed by atoms with Gasteiger partial charge in [-0.3, -0.25) is 0 Å². The fourth-order valence-electron chi connectivity index (χ4n) is 2.44. The number of urea groups is 1. The van der Waals surface area contributed by atoms with Crippen LogP contribution in [-0.2, 0) is 11.8 Å². The third-order valence-corrected chi connectivity index (χ3v) is 3.88. The normalized spacial score (nSPS) is 13.4. The lowest BCUT2D eigenvalue weighted by Gasteiger charge is -2.30. The second-order valence-corrected chi connectivity index (χ2v) is 5.88. The van der Waals surface area contributed by atoms with Gasteiger partial charge in [0.05, 0.1) is 0 Å². The van der Waals surface area contributed by atoms with E-state index in [1.165, 1.54) is 0 Å². The summed E-state index contributed by atoms with van der Waals surface area (Å²) in [7, 11) is 0. The molecule has 0 bridgehead atoms. The van der Waals surface area contributed by atoms with Crippen LogP contribution in [0.2, 0.25) is 5.02 Å². The minimum Gasteiger partial charge on any atom is -0.352 e. The van der Waals surface area contributed by atoms with Crippen molar-refractivity contribution in [2.24, 2.45) is 5.73 Å². The molecule has 0 fully saturated rings. The Morgan fingerprint density at radius 1 is 1.14 bits per heavy atom. The number of halogens is 1. The molecule has 110 valence electrons. The number of nitrogens with two attached hydrogens (primary N) is 1. The third-order valence-electron chi connectivity index (χ3n) is 3.63. The number of nitrogens with one attached hydrogen (secondary N) is 1. The van der Waals surface area contributed by atoms with Crippen LogP contribution in [0.15, 0.2) is 54.6 Å². The number of primary amides is 1. The minimum absolute atomic E-state index is 0.232. The molecule has 3 N–H and O–H groups in total. The standard InChI is InChI=1S/C17H19ClN2O/c1-17(12-20-16(19)21,14-5-3-2-4-6-14)11-13-7-9-15(18)10-8-13/h2-10H,11-12H2,1H3,(H3,19,20,21). The number of hydrogen-bond donors (Lipinski definition) is 2. The highest BCUT2D eigenvalue weighted by Gasteiger charge is 2.27. The summed E-state index contributed by atoms with van der Waals surface area (Å²) >= 11 is 5.93. The van der Waals surface area contributed by atoms with Gasteiger partial charge in [0.15, 0.2) is 0 Å². The van der Waals surface area contributed by atoms with E-state index in [0.717, 1.165) is 22.6 Å². The third kappa shape index (κ3) is 4.23. The molecule has 1 atom stereocenters. The van der Waals surface area contributed by atoms with Crippen molar-refractivity contribution in [1.82, 2.24) is 5.32 Å². The lowest BCUT2D eigenvalue weighted by molar-refractivity contribution is 0.245. The largest absolute Gasteiger partial charge is 0.352 e. The van der Waals surface area contributed by atoms with E-state index >= 15 is 0 Å². The van der Waals surface area contributed by atoms with Crippen molar-refractivity contribution in [3.8, 4) is 0 Å². The SMILES string of the molecule is CC(CNC(N)=O)(Cc1ccc(Cl)cc1)c1ccccc1. The van der Waals surface area contributed by atoms with E-state index in [9.17, 15) is 4.79 Å². The van der Waals surface area contributed by atoms with Gasteiger partial charge in [-0.1, -0.05) is 61.0 Å². The average molecular weight is 303 g/mol. The molecule has 1 unspecified atom stereocenters. The molecule has 2 aromatic carbocycles. The number of carbonyl (C=O) groups is 1. The molecule has 0 aliphatic heterocycles. The molecule has 0 heterocycles. The lowest BCUT2D eigenvalue weighted by atomic mass is 9.77. The Bertz CT molecular complexity index is 598. The van der Waals surface area contributed by atoms with Gasteiger partial charge in [0.1, 0.15) is 0 Å². The molecule has 0 aliphatic carbocycles. The van der Waals surface area contributed by atoms with Crippen molar-refractivity contribution >= 4 is 17.6 Å². The first-order valence-corrected chi connectivity index (χ1v) is 7.21. The molecule has 3 nitrogen and oxygen atoms in total. The fraction of sp³-hybridized carbons (Fsp3) is 0.235. The monoisotopic (exact) mass is 302 g/mol. The van der Waals surface area contributed by atoms with Crippen molar-refractivity contribution < 1.29 is 4.79 Å². The second kappa shape index (κ2) is 6.64. The van der Waals surface area contributed by atoms with Gasteiger partial charge in [-0.2, -0.15) is 0 Å². The Morgan fingerprint density at radius 2 is 1.76 bits per heavy atom. The van der Waals surface area contributed by atoms with Gasteiger partial charge in [0.2, 0.25) is 0 Å². The predicted molar refractivity (Wildman–Crippen MR) is 86.5 cm³/mol. The first-order valence-electron chi connectivity index (χ1n) is 6.83. The Hall–Kier alpha value is -2.00. The van der Waals surface area contributed by atoms with E-state index in [4.69, 9.17) is 17.3 Å². The molecule has 4 heteroatoms. The quantitative estimate of drug-likeness (QED) is 0.872. The summed E-state index contributed by atoms with van der Waals surface area (Å²) in [6.07, 6.45) is 0.786. The Morgan fingerprint density at radius 3 is 2.33 bits per heavy atom. The lowest BCUT2D eigenvalue weighted by Crippen LogP contribution is -2.42. The van der Waals surface area contributed by atoms with Crippen LogP contribution in [-0.4, -0.2) is 12.6 Å². The highest BCUT2D eigenvalue weighted by atomic mass is 35.5. The van der Waals surface area contributed by atoms with Crippen LogP contribution >= 0.6 is 11.6 Å². The summed E-state index contributed by atoms with van der Waals surface area (Å²) in [6.45, 7) is 2.60. The van der Waals surface area contributed by atoms with Gasteiger partial charge in [-0.05, 0) is 29.7 Å². The van der Waals surface area contributed by atoms with Gasteiger partial charge in [-0.25, -0.2) is 4.79 Å². The molecule has 2 amide bonds. The average Bonchev–Trinajstić information content (AvgIpc) is 2.49. The van der Waals surface area contributed by atoms with E-state index in [1.54, 1.807) is 0 Å². The van der Waals surface area contributed by atoms with Crippen molar-refractivity contribution in [1.29, 1.82) is 0 Å². The highest BCUT2D eigenvalue weighted by molar-refractivity contribution is 6.30. The molecule has 2 aromatic rings. The molecule has 0 spiro atoms. The summed E-state index contributed by atoms with van der Waals surface area (Å²) in [6, 6.07) is 17.4. The smallest absolute Gasteiger partial charge is 0.312 e. The van der Waals surface area contributed by atoms with Gasteiger partial charge >= 0.3 is 6.03 Å². The summed E-state index contributed by atoms with van der Waals surface area (Å²) in [4.78, 5) is 11.1. The van der Waals surface area contributed by atoms with Crippen LogP contribution < -0.4 is 11.1 Å². The number of carbonyl (C=O) groups excluding carboxylic acids is 1. The van der Waals surface area contributed by atoms with Crippen molar-refractivity contribution in [2.45, 2.75) is 18.8 Å². The van der Waals surface area contributed by atoms with Crippen LogP contribution in [0, 0.1) is 0 Å². The molecule has 2 rings (SSSR count). The highest BCUT2D eigenvalue weighted by Crippen LogP contribution is 2.28. The van der Waals surface area contributed by atoms with Crippen LogP contribution in [0.5, 0.6) is 0 Å². The number of benzene rings is 2. The van der Waals surface area contributed by atoms with Gasteiger partial charge in [0.25, 0.3) is 0 Å². The van der Waals surface area contributed by atoms with Crippen LogP contribution in [0.3, 0.4) is 0 Å². The maximum absolute atomic E-state index is 11.1. The number of amides is 2. The maximum atomic E-state index is 11.1. The Labute approximate surface area is 130 Å². The molecular formula is C17H19ClN2O. The van der Waals surface area contributed by atoms with Crippen molar-refractivity contribution in [3.05, 3.63) is 70.7 Å². The Balaban J connectivity index is 2.27. The molecule has 0 aromatic heterocycles. The predicted octanol–water partition coefficient (Wildman–Crippen LogP) is 3.51. The van der Waals surface area contributed by atoms with E-state index in [1.807, 2.05) is 42.5 Å². The molecule has 0 saturated carbocycles. The van der Waals surface area contributed by atoms with Crippen molar-refractivity contribution in [2.75, 3.05) is 6.54 Å². The summed E-state index contributed by atoms with van der Waals surface area (Å²) in [5.74, 6) is 0. The zero-order valence-corrected chi connectivity index (χ0v) is 12.7. The molecule has 0 saturated heterocycles. The maximum Gasteiger partial charge on any atom is 0.312 e. The summed E-state index contributed by atoms with van der Waals surface area (Å²) < 4.78 is 0. The minimum atomic E-state index is -0.506. The van der Waals surface area contributed by atoms with E-state index < -0.39 is 6.03 Å². The molecule has 0 radical (unpaired) electrons. The van der Waals surface area contributed by atoms with E-state index in [0.29, 0.717) is 6.54 Å². The van der Waals surface area contributed by atoms with Gasteiger partial charge < -0.3 is 11.1 Å². The molecule has 0 aliphatic rings. The van der Waals surface area contributed by atoms with Gasteiger partial charge in [-0.15, -0.1) is 0 Å². The summed E-state index contributed by atoms with van der Waals surface area (Å²) in [5, 5.41) is 3.45. The zero-order valence-electron chi connectivity index (χ0n) is 12.0. The topological polar surface area (TPSA) is 55.1 Å². The summed E-state index contributed by atoms with van der Waals surface area (Å²) in [5.41, 5.74) is 7.32. The van der Waals surface area contributed by atoms with Crippen LogP contribution in [0.25, 0.3) is 0 Å². The first-order chi connectivity index (χ1) is 9.99. The number of hydrogen-bond acceptors (Lipinski definition) is 1. The Kier molecular flexibility index (Phi) is 4.86. The van der Waals surface area contributed by atoms with Crippen LogP contribution in [0.1, 0.15) is 18.1 Å². The van der Waals surface area contributed by atoms with Crippen molar-refractivity contribution in [3.63, 3.8) is 0 Å². The van der Waals surface area contributed by atoms with E-state index in [-0.39, 0.29) is 5.41 Å². The first kappa shape index (κ1) is 15.4. The molecular weight excluding hydrogens is 284 g/mol. The fourth-order valence-corrected chi connectivity index (χ4v) is 2.57. The zero-order chi connectivity index (χ0) is 15.3. The number of rotatable bonds is 5. The molecule has 21 heavy (non-hydrogen) atoms. The van der Waals surface area contributed by atoms with Gasteiger partial charge in [0, 0.05) is 17.0 Å². The van der Waals surface area contributed by atoms with E-state index in [2.05, 4.69) is 24.4 Å². The van der Waals surface area contributed by atoms with Crippen LogP contribution in [0.4, 0.5) is 4.79 Å².